The number of nitrogens with zero attached hydrogens (tertiary/aromatic N) is 4. The molecule has 2 saturated heterocycles. The molecule has 0 radical (unpaired) electrons. The Labute approximate surface area is 134 Å². The Morgan fingerprint density at radius 2 is 1.86 bits per heavy atom. The average Bonchev–Trinajstić information content (AvgIpc) is 2.56. The first kappa shape index (κ1) is 15.0. The number of hydrogen-bond donors (Lipinski definition) is 2. The molecule has 0 amide bonds. The number of piperidine rings is 2. The van der Waals surface area contributed by atoms with Crippen molar-refractivity contribution < 1.29 is 0 Å². The van der Waals surface area contributed by atoms with Gasteiger partial charge in [-0.25, -0.2) is 10.8 Å². The summed E-state index contributed by atoms with van der Waals surface area (Å²) in [5, 5.41) is 0. The molecule has 21 heavy (non-hydrogen) atoms. The number of likely N-dealkylation sites (tertiary alicyclic amines) is 1. The molecule has 2 fully saturated rings. The molecular formula is C14H23BrN6. The van der Waals surface area contributed by atoms with Crippen molar-refractivity contribution in [1.29, 1.82) is 0 Å². The largest absolute Gasteiger partial charge is 0.355 e. The molecule has 3 heterocycles. The van der Waals surface area contributed by atoms with E-state index < -0.39 is 0 Å². The summed E-state index contributed by atoms with van der Waals surface area (Å²) >= 11 is 3.54. The molecule has 6 nitrogen and oxygen atoms in total. The number of nitrogens with one attached hydrogen (secondary N) is 1. The molecule has 0 atom stereocenters. The second-order valence-corrected chi connectivity index (χ2v) is 6.68. The molecule has 1 aromatic rings. The standard InChI is InChI=1S/C14H23BrN6/c15-12-10-17-14(19-16)18-13(12)21-8-4-11(5-9-21)20-6-2-1-3-7-20/h10-11H,1-9,16H2,(H,17,18,19). The van der Waals surface area contributed by atoms with Crippen LogP contribution in [0, 0.1) is 0 Å². The summed E-state index contributed by atoms with van der Waals surface area (Å²) in [5.41, 5.74) is 2.52. The van der Waals surface area contributed by atoms with Gasteiger partial charge in [0, 0.05) is 25.3 Å². The van der Waals surface area contributed by atoms with E-state index in [1.165, 1.54) is 45.2 Å². The number of halogens is 1. The van der Waals surface area contributed by atoms with Crippen LogP contribution >= 0.6 is 15.9 Å². The minimum absolute atomic E-state index is 0.464. The smallest absolute Gasteiger partial charge is 0.239 e. The van der Waals surface area contributed by atoms with E-state index in [0.717, 1.165) is 29.4 Å². The molecule has 3 N–H and O–H groups in total. The second kappa shape index (κ2) is 6.89. The highest BCUT2D eigenvalue weighted by Crippen LogP contribution is 2.28. The van der Waals surface area contributed by atoms with Crippen LogP contribution < -0.4 is 16.2 Å². The summed E-state index contributed by atoms with van der Waals surface area (Å²) in [7, 11) is 0. The van der Waals surface area contributed by atoms with Crippen molar-refractivity contribution >= 4 is 27.7 Å². The van der Waals surface area contributed by atoms with Crippen LogP contribution in [0.1, 0.15) is 32.1 Å². The minimum Gasteiger partial charge on any atom is -0.355 e. The van der Waals surface area contributed by atoms with Crippen LogP contribution in [0.25, 0.3) is 0 Å². The molecular weight excluding hydrogens is 332 g/mol. The zero-order chi connectivity index (χ0) is 14.7. The summed E-state index contributed by atoms with van der Waals surface area (Å²) < 4.78 is 0.929. The highest BCUT2D eigenvalue weighted by atomic mass is 79.9. The fourth-order valence-corrected chi connectivity index (χ4v) is 3.82. The molecule has 0 unspecified atom stereocenters. The van der Waals surface area contributed by atoms with Gasteiger partial charge in [-0.2, -0.15) is 4.98 Å². The van der Waals surface area contributed by atoms with Gasteiger partial charge in [0.05, 0.1) is 4.47 Å². The van der Waals surface area contributed by atoms with Gasteiger partial charge in [-0.3, -0.25) is 5.43 Å². The minimum atomic E-state index is 0.464. The molecule has 2 aliphatic heterocycles. The summed E-state index contributed by atoms with van der Waals surface area (Å²) in [4.78, 5) is 13.6. The van der Waals surface area contributed by atoms with Gasteiger partial charge in [-0.1, -0.05) is 6.42 Å². The lowest BCUT2D eigenvalue weighted by Crippen LogP contribution is -2.47. The molecule has 2 aliphatic rings. The first-order valence-electron chi connectivity index (χ1n) is 7.76. The Balaban J connectivity index is 1.62. The first-order valence-corrected chi connectivity index (χ1v) is 8.55. The lowest BCUT2D eigenvalue weighted by molar-refractivity contribution is 0.141. The predicted octanol–water partition coefficient (Wildman–Crippen LogP) is 1.98. The van der Waals surface area contributed by atoms with Gasteiger partial charge in [0.15, 0.2) is 0 Å². The maximum absolute atomic E-state index is 5.40. The molecule has 3 rings (SSSR count). The van der Waals surface area contributed by atoms with E-state index in [9.17, 15) is 0 Å². The van der Waals surface area contributed by atoms with Crippen molar-refractivity contribution in [2.45, 2.75) is 38.1 Å². The van der Waals surface area contributed by atoms with Gasteiger partial charge in [-0.15, -0.1) is 0 Å². The van der Waals surface area contributed by atoms with Gasteiger partial charge in [0.25, 0.3) is 0 Å². The Bertz CT molecular complexity index is 469. The van der Waals surface area contributed by atoms with Crippen LogP contribution in [0.3, 0.4) is 0 Å². The zero-order valence-corrected chi connectivity index (χ0v) is 13.8. The summed E-state index contributed by atoms with van der Waals surface area (Å²) in [6.45, 7) is 4.65. The third-order valence-electron chi connectivity index (χ3n) is 4.53. The van der Waals surface area contributed by atoms with Gasteiger partial charge in [0.1, 0.15) is 5.82 Å². The fourth-order valence-electron chi connectivity index (χ4n) is 3.38. The van der Waals surface area contributed by atoms with Crippen LogP contribution in [-0.2, 0) is 0 Å². The van der Waals surface area contributed by atoms with E-state index in [1.54, 1.807) is 6.20 Å². The maximum Gasteiger partial charge on any atom is 0.239 e. The monoisotopic (exact) mass is 354 g/mol. The van der Waals surface area contributed by atoms with E-state index in [-0.39, 0.29) is 0 Å². The van der Waals surface area contributed by atoms with Crippen LogP contribution in [0.5, 0.6) is 0 Å². The van der Waals surface area contributed by atoms with Crippen molar-refractivity contribution in [2.75, 3.05) is 36.5 Å². The highest BCUT2D eigenvalue weighted by molar-refractivity contribution is 9.10. The molecule has 0 aromatic carbocycles. The Kier molecular flexibility index (Phi) is 4.92. The van der Waals surface area contributed by atoms with Crippen molar-refractivity contribution in [3.8, 4) is 0 Å². The second-order valence-electron chi connectivity index (χ2n) is 5.82. The summed E-state index contributed by atoms with van der Waals surface area (Å²) in [5.74, 6) is 6.81. The lowest BCUT2D eigenvalue weighted by Gasteiger charge is -2.40. The van der Waals surface area contributed by atoms with E-state index in [4.69, 9.17) is 5.84 Å². The third kappa shape index (κ3) is 3.46. The van der Waals surface area contributed by atoms with Crippen LogP contribution in [0.2, 0.25) is 0 Å². The van der Waals surface area contributed by atoms with Crippen LogP contribution in [0.15, 0.2) is 10.7 Å². The van der Waals surface area contributed by atoms with Crippen LogP contribution in [-0.4, -0.2) is 47.1 Å². The van der Waals surface area contributed by atoms with Gasteiger partial charge < -0.3 is 9.80 Å². The normalized spacial score (nSPS) is 21.5. The molecule has 116 valence electrons. The average molecular weight is 355 g/mol. The third-order valence-corrected chi connectivity index (χ3v) is 5.09. The zero-order valence-electron chi connectivity index (χ0n) is 12.3. The van der Waals surface area contributed by atoms with Crippen molar-refractivity contribution in [3.05, 3.63) is 10.7 Å². The lowest BCUT2D eigenvalue weighted by atomic mass is 10.00. The van der Waals surface area contributed by atoms with Crippen LogP contribution in [0.4, 0.5) is 11.8 Å². The van der Waals surface area contributed by atoms with E-state index in [2.05, 4.69) is 41.1 Å². The van der Waals surface area contributed by atoms with Gasteiger partial charge >= 0.3 is 0 Å². The number of rotatable bonds is 3. The first-order chi connectivity index (χ1) is 10.3. The maximum atomic E-state index is 5.40. The molecule has 0 spiro atoms. The number of aromatic nitrogens is 2. The topological polar surface area (TPSA) is 70.3 Å². The van der Waals surface area contributed by atoms with E-state index >= 15 is 0 Å². The molecule has 1 aromatic heterocycles. The van der Waals surface area contributed by atoms with Crippen molar-refractivity contribution in [2.24, 2.45) is 5.84 Å². The highest BCUT2D eigenvalue weighted by Gasteiger charge is 2.27. The Morgan fingerprint density at radius 3 is 2.52 bits per heavy atom. The fraction of sp³-hybridized carbons (Fsp3) is 0.714. The predicted molar refractivity (Wildman–Crippen MR) is 88.2 cm³/mol. The van der Waals surface area contributed by atoms with Gasteiger partial charge in [-0.05, 0) is 54.7 Å². The number of hydrogen-bond acceptors (Lipinski definition) is 6. The molecule has 0 aliphatic carbocycles. The quantitative estimate of drug-likeness (QED) is 0.638. The summed E-state index contributed by atoms with van der Waals surface area (Å²) in [6.07, 6.45) is 8.31. The molecule has 7 heteroatoms. The Hall–Kier alpha value is -0.920. The number of nitrogens with two attached hydrogens (primary N) is 1. The number of hydrazine groups is 1. The summed E-state index contributed by atoms with van der Waals surface area (Å²) in [6, 6.07) is 0.745. The molecule has 0 saturated carbocycles. The van der Waals surface area contributed by atoms with Crippen molar-refractivity contribution in [1.82, 2.24) is 14.9 Å². The van der Waals surface area contributed by atoms with E-state index in [0.29, 0.717) is 5.95 Å². The molecule has 0 bridgehead atoms. The Morgan fingerprint density at radius 1 is 1.14 bits per heavy atom. The SMILES string of the molecule is NNc1ncc(Br)c(N2CCC(N3CCCCC3)CC2)n1. The van der Waals surface area contributed by atoms with E-state index in [1.807, 2.05) is 0 Å². The van der Waals surface area contributed by atoms with Gasteiger partial charge in [0.2, 0.25) is 5.95 Å². The van der Waals surface area contributed by atoms with Crippen molar-refractivity contribution in [3.63, 3.8) is 0 Å². The number of anilines is 2. The number of nitrogen functional groups attached to an aromatic ring is 1.